The highest BCUT2D eigenvalue weighted by Gasteiger charge is 2.64. The highest BCUT2D eigenvalue weighted by molar-refractivity contribution is 6.31. The molecule has 0 fully saturated rings. The van der Waals surface area contributed by atoms with Crippen molar-refractivity contribution in [1.82, 2.24) is 5.32 Å². The number of alkyl halides is 3. The summed E-state index contributed by atoms with van der Waals surface area (Å²) >= 11 is 5.52. The van der Waals surface area contributed by atoms with Crippen LogP contribution in [0.4, 0.5) is 28.0 Å². The van der Waals surface area contributed by atoms with Crippen molar-refractivity contribution in [1.29, 1.82) is 0 Å². The molecule has 140 valence electrons. The fourth-order valence-corrected chi connectivity index (χ4v) is 1.94. The van der Waals surface area contributed by atoms with E-state index >= 15 is 0 Å². The second-order valence-electron chi connectivity index (χ2n) is 4.54. The van der Waals surface area contributed by atoms with Gasteiger partial charge in [0.1, 0.15) is 5.82 Å². The van der Waals surface area contributed by atoms with Crippen LogP contribution in [0.1, 0.15) is 13.8 Å². The second-order valence-corrected chi connectivity index (χ2v) is 4.95. The van der Waals surface area contributed by atoms with Gasteiger partial charge in [-0.25, -0.2) is 14.0 Å². The van der Waals surface area contributed by atoms with Gasteiger partial charge in [0.05, 0.1) is 11.6 Å². The molecule has 6 nitrogen and oxygen atoms in total. The number of amides is 2. The molecule has 0 aromatic heterocycles. The van der Waals surface area contributed by atoms with E-state index in [9.17, 15) is 27.2 Å². The molecule has 2 N–H and O–H groups in total. The molecule has 1 atom stereocenters. The summed E-state index contributed by atoms with van der Waals surface area (Å²) in [6.07, 6.45) is -5.30. The van der Waals surface area contributed by atoms with Gasteiger partial charge in [0.2, 0.25) is 0 Å². The number of hydrogen-bond acceptors (Lipinski definition) is 4. The number of ether oxygens (including phenoxy) is 2. The lowest BCUT2D eigenvalue weighted by Gasteiger charge is -2.33. The third-order valence-electron chi connectivity index (χ3n) is 2.79. The fraction of sp³-hybridized carbons (Fsp3) is 0.429. The van der Waals surface area contributed by atoms with Gasteiger partial charge in [0.25, 0.3) is 0 Å². The quantitative estimate of drug-likeness (QED) is 0.446. The van der Waals surface area contributed by atoms with Crippen molar-refractivity contribution in [3.05, 3.63) is 29.0 Å². The van der Waals surface area contributed by atoms with Crippen LogP contribution in [0.3, 0.4) is 0 Å². The van der Waals surface area contributed by atoms with Gasteiger partial charge in [0.15, 0.2) is 0 Å². The molecule has 0 radical (unpaired) electrons. The number of anilines is 1. The fourth-order valence-electron chi connectivity index (χ4n) is 1.76. The molecular weight excluding hydrogens is 372 g/mol. The Labute approximate surface area is 145 Å². The van der Waals surface area contributed by atoms with E-state index in [0.29, 0.717) is 0 Å². The maximum absolute atomic E-state index is 13.4. The van der Waals surface area contributed by atoms with E-state index in [0.717, 1.165) is 18.2 Å². The lowest BCUT2D eigenvalue weighted by molar-refractivity contribution is -0.282. The predicted molar refractivity (Wildman–Crippen MR) is 80.6 cm³/mol. The minimum Gasteiger partial charge on any atom is -0.462 e. The maximum atomic E-state index is 13.4. The van der Waals surface area contributed by atoms with E-state index in [1.165, 1.54) is 19.2 Å². The first-order valence-corrected chi connectivity index (χ1v) is 7.37. The Kier molecular flexibility index (Phi) is 7.00. The van der Waals surface area contributed by atoms with E-state index in [-0.39, 0.29) is 17.3 Å². The van der Waals surface area contributed by atoms with Crippen molar-refractivity contribution < 1.29 is 36.6 Å². The van der Waals surface area contributed by atoms with Gasteiger partial charge in [-0.3, -0.25) is 5.32 Å². The Morgan fingerprint density at radius 1 is 1.20 bits per heavy atom. The van der Waals surface area contributed by atoms with Gasteiger partial charge >= 0.3 is 23.9 Å². The molecule has 0 saturated carbocycles. The number of nitrogens with one attached hydrogen (secondary N) is 2. The van der Waals surface area contributed by atoms with Gasteiger partial charge in [0, 0.05) is 12.3 Å². The lowest BCUT2D eigenvalue weighted by Crippen LogP contribution is -2.67. The summed E-state index contributed by atoms with van der Waals surface area (Å²) in [5, 5.41) is 3.08. The number of carbonyl (C=O) groups excluding carboxylic acids is 2. The van der Waals surface area contributed by atoms with Gasteiger partial charge < -0.3 is 14.8 Å². The average Bonchev–Trinajstić information content (AvgIpc) is 2.49. The average molecular weight is 387 g/mol. The Hall–Kier alpha value is -2.07. The van der Waals surface area contributed by atoms with E-state index in [4.69, 9.17) is 11.6 Å². The molecule has 11 heteroatoms. The molecule has 0 unspecified atom stereocenters. The van der Waals surface area contributed by atoms with Crippen LogP contribution in [0.15, 0.2) is 18.2 Å². The molecule has 0 spiro atoms. The SMILES string of the molecule is CCOC(=O)[C@@](NC(=O)Nc1ccc(F)c(Cl)c1)(OCC)C(F)(F)F. The van der Waals surface area contributed by atoms with Crippen molar-refractivity contribution in [2.24, 2.45) is 0 Å². The largest absolute Gasteiger partial charge is 0.462 e. The first-order valence-electron chi connectivity index (χ1n) is 6.99. The molecule has 0 saturated heterocycles. The first kappa shape index (κ1) is 21.0. The van der Waals surface area contributed by atoms with E-state index < -0.39 is 36.3 Å². The summed E-state index contributed by atoms with van der Waals surface area (Å²) in [7, 11) is 0. The first-order chi connectivity index (χ1) is 11.6. The number of halogens is 5. The zero-order chi connectivity index (χ0) is 19.3. The van der Waals surface area contributed by atoms with Crippen molar-refractivity contribution in [2.75, 3.05) is 18.5 Å². The van der Waals surface area contributed by atoms with Gasteiger partial charge in [-0.2, -0.15) is 13.2 Å². The monoisotopic (exact) mass is 386 g/mol. The molecule has 0 heterocycles. The molecule has 1 rings (SSSR count). The number of hydrogen-bond donors (Lipinski definition) is 2. The topological polar surface area (TPSA) is 76.7 Å². The highest BCUT2D eigenvalue weighted by atomic mass is 35.5. The smallest absolute Gasteiger partial charge is 0.448 e. The summed E-state index contributed by atoms with van der Waals surface area (Å²) < 4.78 is 62.2. The highest BCUT2D eigenvalue weighted by Crippen LogP contribution is 2.33. The zero-order valence-electron chi connectivity index (χ0n) is 13.2. The molecule has 25 heavy (non-hydrogen) atoms. The summed E-state index contributed by atoms with van der Waals surface area (Å²) in [6, 6.07) is 1.53. The Bertz CT molecular complexity index is 642. The lowest BCUT2D eigenvalue weighted by atomic mass is 10.2. The standard InChI is InChI=1S/C14H15ClF4N2O4/c1-3-24-11(22)13(25-4-2,14(17,18)19)21-12(23)20-8-5-6-10(16)9(15)7-8/h5-7H,3-4H2,1-2H3,(H2,20,21,23)/t13-/m1/s1. The normalized spacial score (nSPS) is 13.7. The van der Waals surface area contributed by atoms with Crippen LogP contribution >= 0.6 is 11.6 Å². The summed E-state index contributed by atoms with van der Waals surface area (Å²) in [4.78, 5) is 23.7. The Morgan fingerprint density at radius 3 is 2.32 bits per heavy atom. The third-order valence-corrected chi connectivity index (χ3v) is 3.08. The number of rotatable bonds is 6. The predicted octanol–water partition coefficient (Wildman–Crippen LogP) is 3.46. The molecule has 1 aromatic rings. The van der Waals surface area contributed by atoms with Crippen molar-refractivity contribution in [3.63, 3.8) is 0 Å². The Balaban J connectivity index is 3.08. The Morgan fingerprint density at radius 2 is 1.84 bits per heavy atom. The van der Waals surface area contributed by atoms with Crippen LogP contribution < -0.4 is 10.6 Å². The number of carbonyl (C=O) groups is 2. The molecule has 0 aliphatic carbocycles. The van der Waals surface area contributed by atoms with Crippen LogP contribution in [0.2, 0.25) is 5.02 Å². The molecular formula is C14H15ClF4N2O4. The van der Waals surface area contributed by atoms with Crippen LogP contribution in [0.25, 0.3) is 0 Å². The summed E-state index contributed by atoms with van der Waals surface area (Å²) in [5.41, 5.74) is -3.79. The molecule has 2 amide bonds. The van der Waals surface area contributed by atoms with Gasteiger partial charge in [-0.15, -0.1) is 0 Å². The third kappa shape index (κ3) is 4.95. The summed E-state index contributed by atoms with van der Waals surface area (Å²) in [6.45, 7) is 1.60. The minimum atomic E-state index is -5.30. The second kappa shape index (κ2) is 8.34. The van der Waals surface area contributed by atoms with Crippen LogP contribution in [0.5, 0.6) is 0 Å². The van der Waals surface area contributed by atoms with Crippen molar-refractivity contribution in [2.45, 2.75) is 25.7 Å². The zero-order valence-corrected chi connectivity index (χ0v) is 13.9. The molecule has 0 aliphatic heterocycles. The van der Waals surface area contributed by atoms with Crippen molar-refractivity contribution >= 4 is 29.3 Å². The summed E-state index contributed by atoms with van der Waals surface area (Å²) in [5.74, 6) is -2.60. The molecule has 1 aromatic carbocycles. The number of benzene rings is 1. The number of esters is 1. The maximum Gasteiger partial charge on any atom is 0.448 e. The van der Waals surface area contributed by atoms with Crippen LogP contribution in [-0.2, 0) is 14.3 Å². The van der Waals surface area contributed by atoms with Crippen molar-refractivity contribution in [3.8, 4) is 0 Å². The van der Waals surface area contributed by atoms with Gasteiger partial charge in [-0.05, 0) is 32.0 Å². The van der Waals surface area contributed by atoms with E-state index in [2.05, 4.69) is 9.47 Å². The molecule has 0 bridgehead atoms. The van der Waals surface area contributed by atoms with E-state index in [1.807, 2.05) is 5.32 Å². The van der Waals surface area contributed by atoms with Gasteiger partial charge in [-0.1, -0.05) is 11.6 Å². The van der Waals surface area contributed by atoms with Crippen LogP contribution in [-0.4, -0.2) is 37.1 Å². The van der Waals surface area contributed by atoms with Crippen LogP contribution in [0, 0.1) is 5.82 Å². The number of urea groups is 1. The minimum absolute atomic E-state index is 0.0969. The molecule has 0 aliphatic rings. The van der Waals surface area contributed by atoms with E-state index in [1.54, 1.807) is 0 Å².